The molecule has 5 atom stereocenters. The molecule has 1 fully saturated rings. The Kier molecular flexibility index (Phi) is 10.1. The highest BCUT2D eigenvalue weighted by atomic mass is 16.7. The van der Waals surface area contributed by atoms with E-state index in [-0.39, 0.29) is 28.7 Å². The molecule has 1 heterocycles. The molecular formula is C31H47NO4. The van der Waals surface area contributed by atoms with E-state index in [0.717, 1.165) is 18.4 Å². The van der Waals surface area contributed by atoms with E-state index >= 15 is 0 Å². The largest absolute Gasteiger partial charge is 0.379 e. The van der Waals surface area contributed by atoms with Crippen LogP contribution in [0.5, 0.6) is 0 Å². The standard InChI is InChI=1S/C31H47NO4/c1-8-30(6)24-34-22-29(5,21-33-20-27-16-12-10-13-17-27)23-35-26(4)31(7,9-2)32(30)36-25(3)28-18-14-11-15-19-28/h10-19,25-26H,8-9,20-24H2,1-7H3. The molecule has 0 amide bonds. The van der Waals surface area contributed by atoms with Crippen molar-refractivity contribution >= 4 is 0 Å². The van der Waals surface area contributed by atoms with Crippen LogP contribution in [-0.2, 0) is 25.7 Å². The second-order valence-electron chi connectivity index (χ2n) is 11.2. The van der Waals surface area contributed by atoms with Crippen LogP contribution >= 0.6 is 0 Å². The Morgan fingerprint density at radius 2 is 1.56 bits per heavy atom. The summed E-state index contributed by atoms with van der Waals surface area (Å²) in [7, 11) is 0. The first kappa shape index (κ1) is 28.8. The first-order chi connectivity index (χ1) is 17.2. The number of rotatable bonds is 9. The minimum absolute atomic E-state index is 0.0529. The lowest BCUT2D eigenvalue weighted by Gasteiger charge is -2.54. The van der Waals surface area contributed by atoms with Gasteiger partial charge in [0.25, 0.3) is 0 Å². The Morgan fingerprint density at radius 3 is 2.17 bits per heavy atom. The highest BCUT2D eigenvalue weighted by Crippen LogP contribution is 2.39. The van der Waals surface area contributed by atoms with E-state index in [4.69, 9.17) is 19.0 Å². The van der Waals surface area contributed by atoms with Crippen LogP contribution in [0.3, 0.4) is 0 Å². The molecule has 0 bridgehead atoms. The van der Waals surface area contributed by atoms with Crippen molar-refractivity contribution < 1.29 is 19.0 Å². The van der Waals surface area contributed by atoms with Gasteiger partial charge in [-0.15, -0.1) is 0 Å². The third-order valence-corrected chi connectivity index (χ3v) is 7.95. The second-order valence-corrected chi connectivity index (χ2v) is 11.2. The molecular weight excluding hydrogens is 450 g/mol. The second kappa shape index (κ2) is 12.7. The fraction of sp³-hybridized carbons (Fsp3) is 0.613. The molecule has 0 aliphatic carbocycles. The van der Waals surface area contributed by atoms with Crippen molar-refractivity contribution in [1.29, 1.82) is 0 Å². The van der Waals surface area contributed by atoms with Gasteiger partial charge >= 0.3 is 0 Å². The Hall–Kier alpha value is -1.76. The molecule has 5 heteroatoms. The van der Waals surface area contributed by atoms with E-state index in [2.05, 4.69) is 89.9 Å². The maximum atomic E-state index is 6.81. The molecule has 0 radical (unpaired) electrons. The smallest absolute Gasteiger partial charge is 0.102 e. The SMILES string of the molecule is CCC1(C)COCC(C)(COCc2ccccc2)COC(C)C(C)(CC)N1OC(C)c1ccccc1. The third-order valence-electron chi connectivity index (χ3n) is 7.95. The molecule has 0 aromatic heterocycles. The average molecular weight is 498 g/mol. The van der Waals surface area contributed by atoms with Gasteiger partial charge in [-0.3, -0.25) is 4.84 Å². The Labute approximate surface area is 219 Å². The van der Waals surface area contributed by atoms with Crippen LogP contribution in [0.25, 0.3) is 0 Å². The zero-order chi connectivity index (χ0) is 26.2. The molecule has 5 nitrogen and oxygen atoms in total. The number of hydroxylamine groups is 2. The van der Waals surface area contributed by atoms with Gasteiger partial charge in [0.2, 0.25) is 0 Å². The normalized spacial score (nSPS) is 31.1. The summed E-state index contributed by atoms with van der Waals surface area (Å²) in [5.74, 6) is 0. The number of nitrogens with zero attached hydrogens (tertiary/aromatic N) is 1. The molecule has 200 valence electrons. The van der Waals surface area contributed by atoms with E-state index in [9.17, 15) is 0 Å². The summed E-state index contributed by atoms with van der Waals surface area (Å²) in [6.07, 6.45) is 1.63. The first-order valence-corrected chi connectivity index (χ1v) is 13.5. The molecule has 3 rings (SSSR count). The lowest BCUT2D eigenvalue weighted by Crippen LogP contribution is -2.65. The van der Waals surface area contributed by atoms with E-state index in [1.54, 1.807) is 0 Å². The lowest BCUT2D eigenvalue weighted by molar-refractivity contribution is -0.329. The van der Waals surface area contributed by atoms with Crippen molar-refractivity contribution in [2.24, 2.45) is 5.41 Å². The lowest BCUT2D eigenvalue weighted by atomic mass is 9.85. The molecule has 1 aliphatic heterocycles. The van der Waals surface area contributed by atoms with Gasteiger partial charge in [0, 0.05) is 5.41 Å². The molecule has 2 aromatic rings. The molecule has 36 heavy (non-hydrogen) atoms. The summed E-state index contributed by atoms with van der Waals surface area (Å²) in [5, 5.41) is 2.21. The highest BCUT2D eigenvalue weighted by molar-refractivity contribution is 5.17. The van der Waals surface area contributed by atoms with E-state index in [0.29, 0.717) is 33.0 Å². The van der Waals surface area contributed by atoms with E-state index in [1.807, 2.05) is 24.3 Å². The molecule has 1 saturated heterocycles. The van der Waals surface area contributed by atoms with E-state index in [1.165, 1.54) is 5.56 Å². The van der Waals surface area contributed by atoms with Gasteiger partial charge in [0.1, 0.15) is 6.10 Å². The van der Waals surface area contributed by atoms with Gasteiger partial charge in [0.15, 0.2) is 0 Å². The van der Waals surface area contributed by atoms with Crippen LogP contribution in [0.1, 0.15) is 78.5 Å². The van der Waals surface area contributed by atoms with Crippen molar-refractivity contribution in [3.05, 3.63) is 71.8 Å². The maximum Gasteiger partial charge on any atom is 0.102 e. The fourth-order valence-corrected chi connectivity index (χ4v) is 4.85. The summed E-state index contributed by atoms with van der Waals surface area (Å²) < 4.78 is 19.2. The van der Waals surface area contributed by atoms with Crippen LogP contribution in [0.2, 0.25) is 0 Å². The van der Waals surface area contributed by atoms with Crippen LogP contribution in [0, 0.1) is 5.41 Å². The Bertz CT molecular complexity index is 909. The van der Waals surface area contributed by atoms with E-state index < -0.39 is 0 Å². The highest BCUT2D eigenvalue weighted by Gasteiger charge is 2.49. The number of ether oxygens (including phenoxy) is 3. The van der Waals surface area contributed by atoms with Crippen molar-refractivity contribution in [1.82, 2.24) is 5.06 Å². The Balaban J connectivity index is 1.79. The zero-order valence-electron chi connectivity index (χ0n) is 23.5. The molecule has 0 saturated carbocycles. The summed E-state index contributed by atoms with van der Waals surface area (Å²) in [5.41, 5.74) is 1.42. The third kappa shape index (κ3) is 6.96. The van der Waals surface area contributed by atoms with Crippen molar-refractivity contribution in [2.75, 3.05) is 26.4 Å². The van der Waals surface area contributed by atoms with Gasteiger partial charge in [0.05, 0.1) is 50.2 Å². The van der Waals surface area contributed by atoms with Crippen LogP contribution in [0.4, 0.5) is 0 Å². The van der Waals surface area contributed by atoms with Gasteiger partial charge in [-0.25, -0.2) is 0 Å². The zero-order valence-corrected chi connectivity index (χ0v) is 23.5. The van der Waals surface area contributed by atoms with Crippen molar-refractivity contribution in [3.63, 3.8) is 0 Å². The predicted octanol–water partition coefficient (Wildman–Crippen LogP) is 6.98. The predicted molar refractivity (Wildman–Crippen MR) is 146 cm³/mol. The van der Waals surface area contributed by atoms with Gasteiger partial charge in [-0.1, -0.05) is 81.4 Å². The van der Waals surface area contributed by atoms with Crippen LogP contribution in [-0.4, -0.2) is 48.7 Å². The molecule has 5 unspecified atom stereocenters. The summed E-state index contributed by atoms with van der Waals surface area (Å²) in [6.45, 7) is 18.3. The topological polar surface area (TPSA) is 40.2 Å². The number of hydrogen-bond acceptors (Lipinski definition) is 5. The number of benzene rings is 2. The summed E-state index contributed by atoms with van der Waals surface area (Å²) in [4.78, 5) is 6.81. The number of hydrogen-bond donors (Lipinski definition) is 0. The average Bonchev–Trinajstić information content (AvgIpc) is 2.90. The first-order valence-electron chi connectivity index (χ1n) is 13.5. The van der Waals surface area contributed by atoms with Gasteiger partial charge in [-0.05, 0) is 51.7 Å². The summed E-state index contributed by atoms with van der Waals surface area (Å²) >= 11 is 0. The molecule has 0 N–H and O–H groups in total. The summed E-state index contributed by atoms with van der Waals surface area (Å²) in [6, 6.07) is 20.7. The Morgan fingerprint density at radius 1 is 0.917 bits per heavy atom. The fourth-order valence-electron chi connectivity index (χ4n) is 4.85. The molecule has 1 aliphatic rings. The van der Waals surface area contributed by atoms with Crippen molar-refractivity contribution in [2.45, 2.75) is 91.2 Å². The van der Waals surface area contributed by atoms with Crippen molar-refractivity contribution in [3.8, 4) is 0 Å². The van der Waals surface area contributed by atoms with Crippen LogP contribution in [0.15, 0.2) is 60.7 Å². The van der Waals surface area contributed by atoms with Gasteiger partial charge < -0.3 is 14.2 Å². The molecule has 0 spiro atoms. The quantitative estimate of drug-likeness (QED) is 0.374. The maximum absolute atomic E-state index is 6.81. The minimum atomic E-state index is -0.347. The van der Waals surface area contributed by atoms with Crippen LogP contribution < -0.4 is 0 Å². The molecule has 2 aromatic carbocycles. The van der Waals surface area contributed by atoms with Gasteiger partial charge in [-0.2, -0.15) is 5.06 Å². The minimum Gasteiger partial charge on any atom is -0.379 e. The monoisotopic (exact) mass is 497 g/mol.